The summed E-state index contributed by atoms with van der Waals surface area (Å²) in [5.41, 5.74) is 1.30. The number of halogens is 1. The van der Waals surface area contributed by atoms with E-state index in [-0.39, 0.29) is 23.5 Å². The number of nitrogens with one attached hydrogen (secondary N) is 2. The minimum Gasteiger partial charge on any atom is -0.449 e. The molecule has 0 saturated carbocycles. The maximum Gasteiger partial charge on any atom is 0.294 e. The van der Waals surface area contributed by atoms with Crippen molar-refractivity contribution in [3.63, 3.8) is 0 Å². The number of nitrogens with zero attached hydrogens (tertiary/aromatic N) is 3. The van der Waals surface area contributed by atoms with E-state index in [1.165, 1.54) is 12.4 Å². The summed E-state index contributed by atoms with van der Waals surface area (Å²) in [5.74, 6) is -0.914. The van der Waals surface area contributed by atoms with Gasteiger partial charge in [0.05, 0.1) is 10.6 Å². The van der Waals surface area contributed by atoms with Crippen LogP contribution in [0.5, 0.6) is 0 Å². The van der Waals surface area contributed by atoms with Gasteiger partial charge in [0.25, 0.3) is 11.8 Å². The number of piperidine rings is 1. The lowest BCUT2D eigenvalue weighted by atomic mass is 9.95. The summed E-state index contributed by atoms with van der Waals surface area (Å²) >= 11 is 5.87. The molecule has 9 nitrogen and oxygen atoms in total. The van der Waals surface area contributed by atoms with Gasteiger partial charge in [-0.1, -0.05) is 23.7 Å². The first kappa shape index (κ1) is 23.5. The van der Waals surface area contributed by atoms with Crippen LogP contribution in [0.1, 0.15) is 33.8 Å². The molecule has 0 bridgehead atoms. The minimum absolute atomic E-state index is 0.0227. The van der Waals surface area contributed by atoms with Crippen LogP contribution in [0.25, 0.3) is 11.0 Å². The van der Waals surface area contributed by atoms with E-state index >= 15 is 0 Å². The third-order valence-corrected chi connectivity index (χ3v) is 6.30. The molecule has 4 aromatic rings. The normalized spacial score (nSPS) is 14.0. The van der Waals surface area contributed by atoms with Gasteiger partial charge >= 0.3 is 0 Å². The number of carbonyl (C=O) groups excluding carboxylic acids is 3. The van der Waals surface area contributed by atoms with Gasteiger partial charge in [0.1, 0.15) is 17.1 Å². The summed E-state index contributed by atoms with van der Waals surface area (Å²) in [6, 6.07) is 13.7. The molecule has 1 saturated heterocycles. The molecule has 0 aliphatic carbocycles. The van der Waals surface area contributed by atoms with Crippen LogP contribution in [0.2, 0.25) is 5.02 Å². The summed E-state index contributed by atoms with van der Waals surface area (Å²) < 4.78 is 5.80. The van der Waals surface area contributed by atoms with Gasteiger partial charge in [0.2, 0.25) is 11.7 Å². The Kier molecular flexibility index (Phi) is 6.64. The van der Waals surface area contributed by atoms with E-state index in [1.54, 1.807) is 59.6 Å². The van der Waals surface area contributed by atoms with Crippen LogP contribution in [0, 0.1) is 5.92 Å². The highest BCUT2D eigenvalue weighted by Gasteiger charge is 2.30. The zero-order valence-electron chi connectivity index (χ0n) is 19.1. The number of pyridine rings is 2. The summed E-state index contributed by atoms with van der Waals surface area (Å²) in [6.45, 7) is 0.904. The van der Waals surface area contributed by atoms with Gasteiger partial charge < -0.3 is 20.0 Å². The Bertz CT molecular complexity index is 1410. The molecule has 3 aromatic heterocycles. The molecule has 1 aliphatic heterocycles. The second kappa shape index (κ2) is 10.2. The third-order valence-electron chi connectivity index (χ3n) is 6.08. The highest BCUT2D eigenvalue weighted by atomic mass is 35.5. The van der Waals surface area contributed by atoms with Gasteiger partial charge in [0.15, 0.2) is 0 Å². The van der Waals surface area contributed by atoms with E-state index in [4.69, 9.17) is 16.0 Å². The molecular formula is C26H22ClN5O4. The summed E-state index contributed by atoms with van der Waals surface area (Å²) in [5, 5.41) is 6.63. The predicted octanol–water partition coefficient (Wildman–Crippen LogP) is 4.62. The Balaban J connectivity index is 1.30. The van der Waals surface area contributed by atoms with Crippen molar-refractivity contribution < 1.29 is 18.8 Å². The second-order valence-electron chi connectivity index (χ2n) is 8.42. The number of carbonyl (C=O) groups is 3. The van der Waals surface area contributed by atoms with Crippen LogP contribution < -0.4 is 10.6 Å². The molecule has 5 rings (SSSR count). The van der Waals surface area contributed by atoms with E-state index in [0.29, 0.717) is 59.0 Å². The summed E-state index contributed by atoms with van der Waals surface area (Å²) in [4.78, 5) is 48.7. The number of benzene rings is 1. The highest BCUT2D eigenvalue weighted by molar-refractivity contribution is 6.30. The quantitative estimate of drug-likeness (QED) is 0.410. The van der Waals surface area contributed by atoms with Crippen molar-refractivity contribution in [3.05, 3.63) is 83.5 Å². The fourth-order valence-corrected chi connectivity index (χ4v) is 4.31. The van der Waals surface area contributed by atoms with Gasteiger partial charge in [-0.2, -0.15) is 0 Å². The number of hydrogen-bond acceptors (Lipinski definition) is 6. The zero-order chi connectivity index (χ0) is 25.1. The van der Waals surface area contributed by atoms with Crippen LogP contribution in [-0.4, -0.2) is 45.7 Å². The summed E-state index contributed by atoms with van der Waals surface area (Å²) in [7, 11) is 0. The molecule has 0 radical (unpaired) electrons. The fourth-order valence-electron chi connectivity index (χ4n) is 4.19. The fraction of sp³-hybridized carbons (Fsp3) is 0.192. The molecule has 10 heteroatoms. The maximum absolute atomic E-state index is 13.2. The molecule has 4 heterocycles. The number of furan rings is 1. The van der Waals surface area contributed by atoms with Gasteiger partial charge in [-0.3, -0.25) is 19.4 Å². The SMILES string of the molecule is O=C(Nc1ccc(Cl)cn1)c1oc2ccccc2c1NC(=O)C1CCN(C(=O)c2cccnc2)CC1. The molecule has 1 aliphatic rings. The number of fused-ring (bicyclic) bond motifs is 1. The lowest BCUT2D eigenvalue weighted by Gasteiger charge is -2.31. The average molecular weight is 504 g/mol. The topological polar surface area (TPSA) is 117 Å². The molecule has 0 atom stereocenters. The second-order valence-corrected chi connectivity index (χ2v) is 8.85. The van der Waals surface area contributed by atoms with Crippen molar-refractivity contribution in [1.82, 2.24) is 14.9 Å². The average Bonchev–Trinajstić information content (AvgIpc) is 3.28. The molecule has 36 heavy (non-hydrogen) atoms. The molecule has 182 valence electrons. The number of amides is 3. The van der Waals surface area contributed by atoms with E-state index in [0.717, 1.165) is 0 Å². The molecule has 1 aromatic carbocycles. The molecular weight excluding hydrogens is 482 g/mol. The van der Waals surface area contributed by atoms with Gasteiger partial charge in [-0.15, -0.1) is 0 Å². The monoisotopic (exact) mass is 503 g/mol. The van der Waals surface area contributed by atoms with Crippen LogP contribution in [-0.2, 0) is 4.79 Å². The van der Waals surface area contributed by atoms with Crippen molar-refractivity contribution in [2.24, 2.45) is 5.92 Å². The third kappa shape index (κ3) is 4.92. The number of rotatable bonds is 5. The first-order valence-corrected chi connectivity index (χ1v) is 11.8. The van der Waals surface area contributed by atoms with E-state index in [2.05, 4.69) is 20.6 Å². The Morgan fingerprint density at radius 1 is 0.972 bits per heavy atom. The number of likely N-dealkylation sites (tertiary alicyclic amines) is 1. The largest absolute Gasteiger partial charge is 0.449 e. The first-order valence-electron chi connectivity index (χ1n) is 11.4. The Labute approximate surface area is 211 Å². The highest BCUT2D eigenvalue weighted by Crippen LogP contribution is 2.32. The van der Waals surface area contributed by atoms with Crippen LogP contribution in [0.3, 0.4) is 0 Å². The molecule has 1 fully saturated rings. The minimum atomic E-state index is -0.548. The van der Waals surface area contributed by atoms with Crippen molar-refractivity contribution >= 4 is 51.8 Å². The lowest BCUT2D eigenvalue weighted by molar-refractivity contribution is -0.121. The first-order chi connectivity index (χ1) is 17.5. The number of aromatic nitrogens is 2. The zero-order valence-corrected chi connectivity index (χ0v) is 19.9. The maximum atomic E-state index is 13.2. The standard InChI is InChI=1S/C26H22ClN5O4/c27-18-7-8-21(29-15-18)30-25(34)23-22(19-5-1-2-6-20(19)36-23)31-24(33)16-9-12-32(13-10-16)26(35)17-4-3-11-28-14-17/h1-8,11,14-16H,9-10,12-13H2,(H,31,33)(H,29,30,34). The Morgan fingerprint density at radius 2 is 1.78 bits per heavy atom. The lowest BCUT2D eigenvalue weighted by Crippen LogP contribution is -2.41. The van der Waals surface area contributed by atoms with E-state index in [1.807, 2.05) is 0 Å². The van der Waals surface area contributed by atoms with Crippen LogP contribution >= 0.6 is 11.6 Å². The number of para-hydroxylation sites is 1. The van der Waals surface area contributed by atoms with Crippen LogP contribution in [0.4, 0.5) is 11.5 Å². The predicted molar refractivity (Wildman–Crippen MR) is 135 cm³/mol. The Morgan fingerprint density at radius 3 is 2.50 bits per heavy atom. The van der Waals surface area contributed by atoms with Crippen molar-refractivity contribution in [2.45, 2.75) is 12.8 Å². The van der Waals surface area contributed by atoms with Crippen LogP contribution in [0.15, 0.2) is 71.5 Å². The van der Waals surface area contributed by atoms with E-state index in [9.17, 15) is 14.4 Å². The van der Waals surface area contributed by atoms with Gasteiger partial charge in [0, 0.05) is 43.0 Å². The molecule has 0 unspecified atom stereocenters. The molecule has 0 spiro atoms. The summed E-state index contributed by atoms with van der Waals surface area (Å²) in [6.07, 6.45) is 5.59. The molecule has 3 amide bonds. The van der Waals surface area contributed by atoms with Crippen molar-refractivity contribution in [1.29, 1.82) is 0 Å². The number of anilines is 2. The molecule has 2 N–H and O–H groups in total. The number of hydrogen-bond donors (Lipinski definition) is 2. The van der Waals surface area contributed by atoms with Crippen molar-refractivity contribution in [2.75, 3.05) is 23.7 Å². The smallest absolute Gasteiger partial charge is 0.294 e. The Hall–Kier alpha value is -4.24. The van der Waals surface area contributed by atoms with Gasteiger partial charge in [-0.05, 0) is 49.2 Å². The van der Waals surface area contributed by atoms with Crippen molar-refractivity contribution in [3.8, 4) is 0 Å². The van der Waals surface area contributed by atoms with E-state index < -0.39 is 5.91 Å². The van der Waals surface area contributed by atoms with Gasteiger partial charge in [-0.25, -0.2) is 4.98 Å².